The van der Waals surface area contributed by atoms with Gasteiger partial charge in [-0.15, -0.1) is 0 Å². The Morgan fingerprint density at radius 2 is 0.853 bits per heavy atom. The highest BCUT2D eigenvalue weighted by Gasteiger charge is 2.13. The van der Waals surface area contributed by atoms with Crippen LogP contribution in [0, 0.1) is 0 Å². The molecule has 1 aromatic heterocycles. The summed E-state index contributed by atoms with van der Waals surface area (Å²) in [5.41, 5.74) is 9.83. The Kier molecular flexibility index (Phi) is 5.37. The van der Waals surface area contributed by atoms with Crippen LogP contribution in [0.2, 0.25) is 0 Å². The van der Waals surface area contributed by atoms with Crippen molar-refractivity contribution in [1.29, 1.82) is 0 Å². The number of benzene rings is 5. The number of nitrogens with zero attached hydrogens (tertiary/aromatic N) is 1. The van der Waals surface area contributed by atoms with E-state index in [1.165, 1.54) is 44.2 Å². The lowest BCUT2D eigenvalue weighted by Gasteiger charge is -2.14. The van der Waals surface area contributed by atoms with E-state index in [-0.39, 0.29) is 0 Å². The molecule has 5 aromatic carbocycles. The lowest BCUT2D eigenvalue weighted by Crippen LogP contribution is -1.94. The van der Waals surface area contributed by atoms with Gasteiger partial charge in [-0.25, -0.2) is 4.98 Å². The molecular formula is C33H25N. The van der Waals surface area contributed by atoms with Crippen LogP contribution in [-0.2, 0) is 12.8 Å². The summed E-state index contributed by atoms with van der Waals surface area (Å²) in [4.78, 5) is 5.06. The summed E-state index contributed by atoms with van der Waals surface area (Å²) in [6, 6.07) is 45.5. The standard InChI is InChI=1S/C33H25N/c1-4-10-24(11-5-1)20-26-16-18-31-29(22-26)33(28-14-8-3-9-15-28)30-23-27(17-19-32(30)34-31)21-25-12-6-2-7-13-25/h1-19,22-23H,20-21H2. The Morgan fingerprint density at radius 1 is 0.412 bits per heavy atom. The first-order valence-electron chi connectivity index (χ1n) is 11.8. The zero-order valence-electron chi connectivity index (χ0n) is 19.0. The molecule has 0 atom stereocenters. The van der Waals surface area contributed by atoms with Crippen molar-refractivity contribution in [3.05, 3.63) is 150 Å². The van der Waals surface area contributed by atoms with E-state index in [4.69, 9.17) is 4.98 Å². The maximum Gasteiger partial charge on any atom is 0.0716 e. The minimum atomic E-state index is 0.914. The topological polar surface area (TPSA) is 12.9 Å². The molecule has 0 radical (unpaired) electrons. The van der Waals surface area contributed by atoms with Crippen molar-refractivity contribution >= 4 is 21.8 Å². The maximum atomic E-state index is 5.06. The summed E-state index contributed by atoms with van der Waals surface area (Å²) in [6.07, 6.45) is 1.83. The summed E-state index contributed by atoms with van der Waals surface area (Å²) >= 11 is 0. The SMILES string of the molecule is c1ccc(Cc2ccc3nc4ccc(Cc5ccccc5)cc4c(-c4ccccc4)c3c2)cc1. The van der Waals surface area contributed by atoms with Gasteiger partial charge in [0.25, 0.3) is 0 Å². The Morgan fingerprint density at radius 3 is 1.32 bits per heavy atom. The molecule has 0 aliphatic rings. The average Bonchev–Trinajstić information content (AvgIpc) is 2.89. The van der Waals surface area contributed by atoms with Crippen LogP contribution in [0.15, 0.2) is 127 Å². The van der Waals surface area contributed by atoms with Crippen molar-refractivity contribution in [3.8, 4) is 11.1 Å². The molecule has 1 heterocycles. The summed E-state index contributed by atoms with van der Waals surface area (Å²) in [5, 5.41) is 2.42. The van der Waals surface area contributed by atoms with Gasteiger partial charge in [0.05, 0.1) is 11.0 Å². The minimum Gasteiger partial charge on any atom is -0.248 e. The fourth-order valence-electron chi connectivity index (χ4n) is 4.84. The molecule has 0 aliphatic heterocycles. The van der Waals surface area contributed by atoms with Crippen molar-refractivity contribution in [2.24, 2.45) is 0 Å². The molecule has 0 unspecified atom stereocenters. The number of pyridine rings is 1. The Hall–Kier alpha value is -4.23. The summed E-state index contributed by atoms with van der Waals surface area (Å²) in [5.74, 6) is 0. The summed E-state index contributed by atoms with van der Waals surface area (Å²) in [7, 11) is 0. The summed E-state index contributed by atoms with van der Waals surface area (Å²) < 4.78 is 0. The molecule has 34 heavy (non-hydrogen) atoms. The fraction of sp³-hybridized carbons (Fsp3) is 0.0606. The molecule has 6 rings (SSSR count). The van der Waals surface area contributed by atoms with Crippen molar-refractivity contribution in [1.82, 2.24) is 4.98 Å². The van der Waals surface area contributed by atoms with Crippen LogP contribution in [0.3, 0.4) is 0 Å². The molecule has 0 saturated carbocycles. The molecule has 1 nitrogen and oxygen atoms in total. The Balaban J connectivity index is 1.55. The predicted molar refractivity (Wildman–Crippen MR) is 143 cm³/mol. The lowest BCUT2D eigenvalue weighted by atomic mass is 9.92. The number of hydrogen-bond acceptors (Lipinski definition) is 1. The van der Waals surface area contributed by atoms with Crippen LogP contribution in [0.25, 0.3) is 32.9 Å². The molecule has 0 spiro atoms. The highest BCUT2D eigenvalue weighted by molar-refractivity contribution is 6.09. The van der Waals surface area contributed by atoms with Crippen LogP contribution in [0.4, 0.5) is 0 Å². The van der Waals surface area contributed by atoms with E-state index in [9.17, 15) is 0 Å². The van der Waals surface area contributed by atoms with E-state index < -0.39 is 0 Å². The number of rotatable bonds is 5. The molecular weight excluding hydrogens is 410 g/mol. The Labute approximate surface area is 200 Å². The largest absolute Gasteiger partial charge is 0.248 e. The second-order valence-corrected chi connectivity index (χ2v) is 8.88. The van der Waals surface area contributed by atoms with E-state index >= 15 is 0 Å². The van der Waals surface area contributed by atoms with Gasteiger partial charge >= 0.3 is 0 Å². The second-order valence-electron chi connectivity index (χ2n) is 8.88. The minimum absolute atomic E-state index is 0.914. The highest BCUT2D eigenvalue weighted by atomic mass is 14.7. The van der Waals surface area contributed by atoms with Crippen molar-refractivity contribution in [2.75, 3.05) is 0 Å². The van der Waals surface area contributed by atoms with Gasteiger partial charge < -0.3 is 0 Å². The number of aromatic nitrogens is 1. The lowest BCUT2D eigenvalue weighted by molar-refractivity contribution is 1.19. The monoisotopic (exact) mass is 435 g/mol. The molecule has 0 fully saturated rings. The molecule has 0 saturated heterocycles. The van der Waals surface area contributed by atoms with E-state index in [0.717, 1.165) is 23.9 Å². The van der Waals surface area contributed by atoms with Crippen LogP contribution in [-0.4, -0.2) is 4.98 Å². The van der Waals surface area contributed by atoms with Crippen molar-refractivity contribution in [2.45, 2.75) is 12.8 Å². The van der Waals surface area contributed by atoms with Gasteiger partial charge in [-0.1, -0.05) is 103 Å². The van der Waals surface area contributed by atoms with Crippen LogP contribution in [0.5, 0.6) is 0 Å². The van der Waals surface area contributed by atoms with E-state index in [1.807, 2.05) is 0 Å². The third-order valence-corrected chi connectivity index (χ3v) is 6.47. The van der Waals surface area contributed by atoms with E-state index in [1.54, 1.807) is 0 Å². The van der Waals surface area contributed by atoms with Gasteiger partial charge in [0.1, 0.15) is 0 Å². The van der Waals surface area contributed by atoms with Crippen LogP contribution < -0.4 is 0 Å². The zero-order chi connectivity index (χ0) is 22.7. The van der Waals surface area contributed by atoms with Gasteiger partial charge in [-0.3, -0.25) is 0 Å². The van der Waals surface area contributed by atoms with Gasteiger partial charge in [-0.05, 0) is 64.9 Å². The van der Waals surface area contributed by atoms with Crippen LogP contribution in [0.1, 0.15) is 22.3 Å². The highest BCUT2D eigenvalue weighted by Crippen LogP contribution is 2.36. The molecule has 1 heteroatoms. The quantitative estimate of drug-likeness (QED) is 0.248. The van der Waals surface area contributed by atoms with E-state index in [2.05, 4.69) is 127 Å². The van der Waals surface area contributed by atoms with Crippen molar-refractivity contribution < 1.29 is 0 Å². The van der Waals surface area contributed by atoms with Gasteiger partial charge in [0, 0.05) is 16.3 Å². The predicted octanol–water partition coefficient (Wildman–Crippen LogP) is 8.24. The molecule has 0 bridgehead atoms. The number of fused-ring (bicyclic) bond motifs is 2. The van der Waals surface area contributed by atoms with Gasteiger partial charge in [0.2, 0.25) is 0 Å². The second kappa shape index (κ2) is 8.96. The first-order valence-corrected chi connectivity index (χ1v) is 11.8. The maximum absolute atomic E-state index is 5.06. The molecule has 0 aliphatic carbocycles. The third-order valence-electron chi connectivity index (χ3n) is 6.47. The summed E-state index contributed by atoms with van der Waals surface area (Å²) in [6.45, 7) is 0. The molecule has 162 valence electrons. The Bertz CT molecular complexity index is 1470. The van der Waals surface area contributed by atoms with Crippen LogP contribution >= 0.6 is 0 Å². The third kappa shape index (κ3) is 4.09. The molecule has 0 N–H and O–H groups in total. The van der Waals surface area contributed by atoms with Crippen molar-refractivity contribution in [3.63, 3.8) is 0 Å². The zero-order valence-corrected chi connectivity index (χ0v) is 19.0. The first kappa shape index (κ1) is 20.4. The van der Waals surface area contributed by atoms with Gasteiger partial charge in [0.15, 0.2) is 0 Å². The smallest absolute Gasteiger partial charge is 0.0716 e. The van der Waals surface area contributed by atoms with E-state index in [0.29, 0.717) is 0 Å². The average molecular weight is 436 g/mol. The van der Waals surface area contributed by atoms with Gasteiger partial charge in [-0.2, -0.15) is 0 Å². The normalized spacial score (nSPS) is 11.2. The molecule has 0 amide bonds. The number of hydrogen-bond donors (Lipinski definition) is 0. The molecule has 6 aromatic rings. The first-order chi connectivity index (χ1) is 16.8. The fourth-order valence-corrected chi connectivity index (χ4v) is 4.84.